The van der Waals surface area contributed by atoms with Gasteiger partial charge in [0.05, 0.1) is 5.56 Å². The van der Waals surface area contributed by atoms with Gasteiger partial charge in [-0.15, -0.1) is 11.3 Å². The number of hydrogen-bond donors (Lipinski definition) is 2. The van der Waals surface area contributed by atoms with Crippen molar-refractivity contribution in [1.82, 2.24) is 0 Å². The summed E-state index contributed by atoms with van der Waals surface area (Å²) >= 11 is 1.29. The molecule has 1 aromatic heterocycles. The summed E-state index contributed by atoms with van der Waals surface area (Å²) in [5.74, 6) is -1.12. The van der Waals surface area contributed by atoms with E-state index in [1.807, 2.05) is 36.6 Å². The lowest BCUT2D eigenvalue weighted by Crippen LogP contribution is -2.17. The van der Waals surface area contributed by atoms with Crippen molar-refractivity contribution >= 4 is 28.2 Å². The number of carboxylic acids is 1. The molecule has 1 heterocycles. The molecule has 1 atom stereocenters. The molecule has 28 heavy (non-hydrogen) atoms. The van der Waals surface area contributed by atoms with Gasteiger partial charge in [-0.3, -0.25) is 4.79 Å². The lowest BCUT2D eigenvalue weighted by molar-refractivity contribution is 0.0696. The second-order valence-corrected chi connectivity index (χ2v) is 8.11. The summed E-state index contributed by atoms with van der Waals surface area (Å²) in [5, 5.41) is 14.9. The van der Waals surface area contributed by atoms with Gasteiger partial charge in [0.1, 0.15) is 5.00 Å². The van der Waals surface area contributed by atoms with Crippen molar-refractivity contribution in [2.45, 2.75) is 32.1 Å². The van der Waals surface area contributed by atoms with E-state index in [-0.39, 0.29) is 17.4 Å². The molecular formula is C23H21NO3S. The van der Waals surface area contributed by atoms with Crippen LogP contribution in [0.4, 0.5) is 5.00 Å². The minimum absolute atomic E-state index is 0.155. The molecule has 0 bridgehead atoms. The van der Waals surface area contributed by atoms with E-state index < -0.39 is 5.97 Å². The van der Waals surface area contributed by atoms with E-state index in [9.17, 15) is 14.7 Å². The fraction of sp³-hybridized carbons (Fsp3) is 0.217. The number of fused-ring (bicyclic) bond motifs is 1. The second-order valence-electron chi connectivity index (χ2n) is 7.23. The average Bonchev–Trinajstić information content (AvgIpc) is 3.12. The van der Waals surface area contributed by atoms with Crippen LogP contribution in [-0.2, 0) is 12.8 Å². The molecule has 1 amide bonds. The van der Waals surface area contributed by atoms with E-state index in [0.717, 1.165) is 30.4 Å². The molecule has 4 nitrogen and oxygen atoms in total. The van der Waals surface area contributed by atoms with Gasteiger partial charge in [-0.2, -0.15) is 0 Å². The number of amides is 1. The number of thiophene rings is 1. The van der Waals surface area contributed by atoms with Gasteiger partial charge in [0.25, 0.3) is 5.91 Å². The molecule has 3 aromatic rings. The molecule has 1 aliphatic carbocycles. The Morgan fingerprint density at radius 2 is 1.79 bits per heavy atom. The van der Waals surface area contributed by atoms with Gasteiger partial charge in [-0.05, 0) is 66.3 Å². The number of aryl methyl sites for hydroxylation is 2. The van der Waals surface area contributed by atoms with E-state index >= 15 is 0 Å². The van der Waals surface area contributed by atoms with E-state index in [2.05, 4.69) is 17.4 Å². The van der Waals surface area contributed by atoms with Crippen LogP contribution in [0.1, 0.15) is 55.3 Å². The van der Waals surface area contributed by atoms with Crippen LogP contribution in [0.3, 0.4) is 0 Å². The van der Waals surface area contributed by atoms with Crippen molar-refractivity contribution in [3.8, 4) is 0 Å². The van der Waals surface area contributed by atoms with Crippen LogP contribution in [-0.4, -0.2) is 17.0 Å². The van der Waals surface area contributed by atoms with Crippen LogP contribution in [0.5, 0.6) is 0 Å². The highest BCUT2D eigenvalue weighted by Crippen LogP contribution is 2.39. The van der Waals surface area contributed by atoms with Gasteiger partial charge in [0.2, 0.25) is 0 Å². The van der Waals surface area contributed by atoms with Crippen LogP contribution < -0.4 is 5.32 Å². The van der Waals surface area contributed by atoms with E-state index in [4.69, 9.17) is 0 Å². The van der Waals surface area contributed by atoms with Crippen molar-refractivity contribution < 1.29 is 14.7 Å². The molecular weight excluding hydrogens is 370 g/mol. The smallest absolute Gasteiger partial charge is 0.339 e. The third kappa shape index (κ3) is 3.58. The van der Waals surface area contributed by atoms with Crippen LogP contribution in [0, 0.1) is 6.92 Å². The number of benzene rings is 2. The van der Waals surface area contributed by atoms with Gasteiger partial charge < -0.3 is 10.4 Å². The number of anilines is 1. The Hall–Kier alpha value is -2.92. The number of nitrogens with one attached hydrogen (secondary N) is 1. The highest BCUT2D eigenvalue weighted by atomic mass is 32.1. The van der Waals surface area contributed by atoms with Crippen molar-refractivity contribution in [1.29, 1.82) is 0 Å². The van der Waals surface area contributed by atoms with Crippen molar-refractivity contribution in [3.05, 3.63) is 87.3 Å². The molecule has 4 rings (SSSR count). The van der Waals surface area contributed by atoms with Crippen LogP contribution in [0.2, 0.25) is 0 Å². The molecule has 2 aromatic carbocycles. The Kier molecular flexibility index (Phi) is 5.01. The average molecular weight is 391 g/mol. The number of rotatable bonds is 4. The lowest BCUT2D eigenvalue weighted by Gasteiger charge is -2.24. The van der Waals surface area contributed by atoms with Gasteiger partial charge in [-0.25, -0.2) is 4.79 Å². The summed E-state index contributed by atoms with van der Waals surface area (Å²) in [6.45, 7) is 1.96. The van der Waals surface area contributed by atoms with Crippen molar-refractivity contribution in [3.63, 3.8) is 0 Å². The Morgan fingerprint density at radius 3 is 2.50 bits per heavy atom. The topological polar surface area (TPSA) is 66.4 Å². The minimum Gasteiger partial charge on any atom is -0.478 e. The van der Waals surface area contributed by atoms with Gasteiger partial charge >= 0.3 is 5.97 Å². The Bertz CT molecular complexity index is 1040. The van der Waals surface area contributed by atoms with Crippen molar-refractivity contribution in [2.24, 2.45) is 0 Å². The summed E-state index contributed by atoms with van der Waals surface area (Å²) in [7, 11) is 0. The molecule has 0 saturated heterocycles. The Labute approximate surface area is 167 Å². The summed E-state index contributed by atoms with van der Waals surface area (Å²) in [6, 6.07) is 15.6. The summed E-state index contributed by atoms with van der Waals surface area (Å²) in [5.41, 5.74) is 5.27. The van der Waals surface area contributed by atoms with E-state index in [1.54, 1.807) is 12.1 Å². The zero-order valence-electron chi connectivity index (χ0n) is 15.6. The first-order chi connectivity index (χ1) is 13.5. The highest BCUT2D eigenvalue weighted by molar-refractivity contribution is 7.15. The molecule has 1 aliphatic rings. The van der Waals surface area contributed by atoms with Gasteiger partial charge in [0, 0.05) is 5.56 Å². The number of carboxylic acid groups (broad SMARTS) is 1. The quantitative estimate of drug-likeness (QED) is 0.636. The molecule has 0 radical (unpaired) electrons. The molecule has 1 unspecified atom stereocenters. The molecule has 0 saturated carbocycles. The summed E-state index contributed by atoms with van der Waals surface area (Å²) in [6.07, 6.45) is 2.69. The Morgan fingerprint density at radius 1 is 1.07 bits per heavy atom. The number of carbonyl (C=O) groups excluding carboxylic acids is 1. The standard InChI is InChI=1S/C23H21NO3S/c1-14-6-8-16(9-7-14)21(25)24-22-20(23(26)27)19(13-28-22)18-11-10-15-4-2-3-5-17(15)12-18/h2-9,13,18H,10-12H2,1H3,(H,24,25)(H,26,27). The molecule has 2 N–H and O–H groups in total. The first-order valence-corrected chi connectivity index (χ1v) is 10.2. The zero-order chi connectivity index (χ0) is 19.7. The normalized spacial score (nSPS) is 15.7. The minimum atomic E-state index is -0.991. The van der Waals surface area contributed by atoms with Crippen LogP contribution >= 0.6 is 11.3 Å². The van der Waals surface area contributed by atoms with Crippen molar-refractivity contribution in [2.75, 3.05) is 5.32 Å². The van der Waals surface area contributed by atoms with E-state index in [1.165, 1.54) is 22.5 Å². The Balaban J connectivity index is 1.61. The van der Waals surface area contributed by atoms with Gasteiger partial charge in [-0.1, -0.05) is 42.0 Å². The molecule has 0 spiro atoms. The molecule has 0 fully saturated rings. The number of hydrogen-bond acceptors (Lipinski definition) is 3. The highest BCUT2D eigenvalue weighted by Gasteiger charge is 2.28. The maximum Gasteiger partial charge on any atom is 0.339 e. The lowest BCUT2D eigenvalue weighted by atomic mass is 9.80. The predicted molar refractivity (Wildman–Crippen MR) is 112 cm³/mol. The maximum absolute atomic E-state index is 12.6. The third-order valence-electron chi connectivity index (χ3n) is 5.36. The fourth-order valence-electron chi connectivity index (χ4n) is 3.83. The third-order valence-corrected chi connectivity index (χ3v) is 6.27. The van der Waals surface area contributed by atoms with Gasteiger partial charge in [0.15, 0.2) is 0 Å². The fourth-order valence-corrected chi connectivity index (χ4v) is 4.86. The molecule has 0 aliphatic heterocycles. The molecule has 5 heteroatoms. The van der Waals surface area contributed by atoms with Crippen LogP contribution in [0.15, 0.2) is 53.9 Å². The summed E-state index contributed by atoms with van der Waals surface area (Å²) < 4.78 is 0. The predicted octanol–water partition coefficient (Wildman–Crippen LogP) is 5.28. The first-order valence-electron chi connectivity index (χ1n) is 9.32. The van der Waals surface area contributed by atoms with E-state index in [0.29, 0.717) is 10.6 Å². The monoisotopic (exact) mass is 391 g/mol. The zero-order valence-corrected chi connectivity index (χ0v) is 16.4. The largest absolute Gasteiger partial charge is 0.478 e. The number of carbonyl (C=O) groups is 2. The summed E-state index contributed by atoms with van der Waals surface area (Å²) in [4.78, 5) is 24.6. The first kappa shape index (κ1) is 18.4. The molecule has 142 valence electrons. The SMILES string of the molecule is Cc1ccc(C(=O)Nc2scc(C3CCc4ccccc4C3)c2C(=O)O)cc1. The number of aromatic carboxylic acids is 1. The maximum atomic E-state index is 12.6. The second kappa shape index (κ2) is 7.60. The van der Waals surface area contributed by atoms with Crippen LogP contribution in [0.25, 0.3) is 0 Å².